The summed E-state index contributed by atoms with van der Waals surface area (Å²) in [6.07, 6.45) is 5.97. The molecule has 2 bridgehead atoms. The van der Waals surface area contributed by atoms with Crippen LogP contribution in [0, 0.1) is 16.7 Å². The predicted octanol–water partition coefficient (Wildman–Crippen LogP) is 3.40. The SMILES string of the molecule is CC1(C)C2CCC1(C)C(OCc1cc(N)ccn1)C2. The highest BCUT2D eigenvalue weighted by molar-refractivity contribution is 5.36. The molecule has 3 rings (SSSR count). The lowest BCUT2D eigenvalue weighted by Crippen LogP contribution is -2.37. The molecule has 3 unspecified atom stereocenters. The van der Waals surface area contributed by atoms with E-state index in [1.165, 1.54) is 19.3 Å². The molecule has 3 heteroatoms. The number of ether oxygens (including phenoxy) is 1. The Hall–Kier alpha value is -1.09. The zero-order valence-corrected chi connectivity index (χ0v) is 12.1. The number of anilines is 1. The van der Waals surface area contributed by atoms with Gasteiger partial charge < -0.3 is 10.5 Å². The molecule has 1 heterocycles. The Morgan fingerprint density at radius 3 is 2.79 bits per heavy atom. The van der Waals surface area contributed by atoms with Gasteiger partial charge in [0, 0.05) is 11.9 Å². The lowest BCUT2D eigenvalue weighted by molar-refractivity contribution is -0.0560. The molecule has 19 heavy (non-hydrogen) atoms. The number of hydrogen-bond acceptors (Lipinski definition) is 3. The fraction of sp³-hybridized carbons (Fsp3) is 0.688. The Balaban J connectivity index is 1.69. The van der Waals surface area contributed by atoms with Crippen LogP contribution in [0.2, 0.25) is 0 Å². The van der Waals surface area contributed by atoms with Crippen LogP contribution in [0.25, 0.3) is 0 Å². The molecule has 2 fully saturated rings. The van der Waals surface area contributed by atoms with E-state index >= 15 is 0 Å². The number of nitrogens with two attached hydrogens (primary N) is 1. The van der Waals surface area contributed by atoms with Crippen molar-refractivity contribution in [3.05, 3.63) is 24.0 Å². The maximum absolute atomic E-state index is 6.20. The van der Waals surface area contributed by atoms with Gasteiger partial charge in [-0.15, -0.1) is 0 Å². The molecule has 3 atom stereocenters. The van der Waals surface area contributed by atoms with Crippen molar-refractivity contribution in [3.63, 3.8) is 0 Å². The third-order valence-corrected chi connectivity index (χ3v) is 5.99. The molecule has 104 valence electrons. The first-order chi connectivity index (χ1) is 8.93. The van der Waals surface area contributed by atoms with Crippen LogP contribution in [0.5, 0.6) is 0 Å². The van der Waals surface area contributed by atoms with Gasteiger partial charge in [0.05, 0.1) is 18.4 Å². The van der Waals surface area contributed by atoms with Gasteiger partial charge in [-0.2, -0.15) is 0 Å². The van der Waals surface area contributed by atoms with E-state index in [0.717, 1.165) is 17.3 Å². The van der Waals surface area contributed by atoms with E-state index in [-0.39, 0.29) is 0 Å². The van der Waals surface area contributed by atoms with Crippen LogP contribution < -0.4 is 5.73 Å². The quantitative estimate of drug-likeness (QED) is 0.906. The summed E-state index contributed by atoms with van der Waals surface area (Å²) >= 11 is 0. The zero-order chi connectivity index (χ0) is 13.7. The van der Waals surface area contributed by atoms with Crippen LogP contribution >= 0.6 is 0 Å². The first kappa shape index (κ1) is 12.9. The summed E-state index contributed by atoms with van der Waals surface area (Å²) in [5.41, 5.74) is 8.19. The van der Waals surface area contributed by atoms with Gasteiger partial charge in [-0.05, 0) is 48.1 Å². The van der Waals surface area contributed by atoms with E-state index in [0.29, 0.717) is 23.5 Å². The molecule has 3 nitrogen and oxygen atoms in total. The van der Waals surface area contributed by atoms with E-state index in [4.69, 9.17) is 10.5 Å². The van der Waals surface area contributed by atoms with Gasteiger partial charge in [-0.1, -0.05) is 20.8 Å². The lowest BCUT2D eigenvalue weighted by Gasteiger charge is -2.38. The molecule has 1 aromatic heterocycles. The van der Waals surface area contributed by atoms with Crippen LogP contribution in [0.4, 0.5) is 5.69 Å². The van der Waals surface area contributed by atoms with Crippen molar-refractivity contribution in [1.82, 2.24) is 4.98 Å². The molecular weight excluding hydrogens is 236 g/mol. The highest BCUT2D eigenvalue weighted by Crippen LogP contribution is 2.66. The molecule has 0 spiro atoms. The summed E-state index contributed by atoms with van der Waals surface area (Å²) < 4.78 is 6.20. The largest absolute Gasteiger partial charge is 0.399 e. The van der Waals surface area contributed by atoms with Crippen LogP contribution in [-0.2, 0) is 11.3 Å². The predicted molar refractivity (Wildman–Crippen MR) is 76.5 cm³/mol. The minimum Gasteiger partial charge on any atom is -0.399 e. The molecular formula is C16H24N2O. The average molecular weight is 260 g/mol. The Morgan fingerprint density at radius 1 is 1.42 bits per heavy atom. The fourth-order valence-corrected chi connectivity index (χ4v) is 4.14. The number of nitrogens with zero attached hydrogens (tertiary/aromatic N) is 1. The first-order valence-corrected chi connectivity index (χ1v) is 7.25. The molecule has 0 aromatic carbocycles. The second-order valence-corrected chi connectivity index (χ2v) is 6.99. The van der Waals surface area contributed by atoms with Gasteiger partial charge in [0.15, 0.2) is 0 Å². The van der Waals surface area contributed by atoms with E-state index in [1.54, 1.807) is 6.20 Å². The highest BCUT2D eigenvalue weighted by Gasteiger charge is 2.61. The average Bonchev–Trinajstić information content (AvgIpc) is 2.69. The van der Waals surface area contributed by atoms with E-state index in [2.05, 4.69) is 25.8 Å². The number of aromatic nitrogens is 1. The van der Waals surface area contributed by atoms with Crippen molar-refractivity contribution in [1.29, 1.82) is 0 Å². The summed E-state index contributed by atoms with van der Waals surface area (Å²) in [5.74, 6) is 0.816. The summed E-state index contributed by atoms with van der Waals surface area (Å²) in [5, 5.41) is 0. The third-order valence-electron chi connectivity index (χ3n) is 5.99. The second-order valence-electron chi connectivity index (χ2n) is 6.99. The van der Waals surface area contributed by atoms with Gasteiger partial charge in [0.1, 0.15) is 0 Å². The number of nitrogen functional groups attached to an aromatic ring is 1. The summed E-state index contributed by atoms with van der Waals surface area (Å²) in [6.45, 7) is 7.80. The summed E-state index contributed by atoms with van der Waals surface area (Å²) in [7, 11) is 0. The van der Waals surface area contributed by atoms with Crippen LogP contribution in [-0.4, -0.2) is 11.1 Å². The molecule has 0 radical (unpaired) electrons. The van der Waals surface area contributed by atoms with Crippen LogP contribution in [0.15, 0.2) is 18.3 Å². The molecule has 2 aliphatic rings. The molecule has 0 aliphatic heterocycles. The van der Waals surface area contributed by atoms with Crippen molar-refractivity contribution in [3.8, 4) is 0 Å². The van der Waals surface area contributed by atoms with E-state index < -0.39 is 0 Å². The standard InChI is InChI=1S/C16H24N2O/c1-15(2)11-4-6-16(15,3)14(8-11)19-10-13-9-12(17)5-7-18-13/h5,7,9,11,14H,4,6,8,10H2,1-3H3,(H2,17,18). The van der Waals surface area contributed by atoms with Gasteiger partial charge >= 0.3 is 0 Å². The van der Waals surface area contributed by atoms with Crippen LogP contribution in [0.1, 0.15) is 45.7 Å². The molecule has 2 aliphatic carbocycles. The lowest BCUT2D eigenvalue weighted by atomic mass is 9.70. The van der Waals surface area contributed by atoms with Gasteiger partial charge in [-0.25, -0.2) is 0 Å². The van der Waals surface area contributed by atoms with Crippen LogP contribution in [0.3, 0.4) is 0 Å². The molecule has 0 saturated heterocycles. The molecule has 0 amide bonds. The summed E-state index contributed by atoms with van der Waals surface area (Å²) in [6, 6.07) is 3.71. The molecule has 2 N–H and O–H groups in total. The van der Waals surface area contributed by atoms with Gasteiger partial charge in [0.2, 0.25) is 0 Å². The van der Waals surface area contributed by atoms with E-state index in [9.17, 15) is 0 Å². The van der Waals surface area contributed by atoms with Crippen molar-refractivity contribution >= 4 is 5.69 Å². The first-order valence-electron chi connectivity index (χ1n) is 7.25. The minimum absolute atomic E-state index is 0.317. The van der Waals surface area contributed by atoms with Crippen molar-refractivity contribution in [2.45, 2.75) is 52.7 Å². The fourth-order valence-electron chi connectivity index (χ4n) is 4.14. The normalized spacial score (nSPS) is 35.7. The number of hydrogen-bond donors (Lipinski definition) is 1. The Bertz CT molecular complexity index is 485. The minimum atomic E-state index is 0.317. The number of fused-ring (bicyclic) bond motifs is 2. The zero-order valence-electron chi connectivity index (χ0n) is 12.1. The Morgan fingerprint density at radius 2 is 2.21 bits per heavy atom. The monoisotopic (exact) mass is 260 g/mol. The van der Waals surface area contributed by atoms with Gasteiger partial charge in [0.25, 0.3) is 0 Å². The summed E-state index contributed by atoms with van der Waals surface area (Å²) in [4.78, 5) is 4.32. The van der Waals surface area contributed by atoms with Crippen molar-refractivity contribution < 1.29 is 4.74 Å². The van der Waals surface area contributed by atoms with Gasteiger partial charge in [-0.3, -0.25) is 4.98 Å². The maximum Gasteiger partial charge on any atom is 0.0892 e. The Kier molecular flexibility index (Phi) is 2.86. The molecule has 1 aromatic rings. The Labute approximate surface area is 115 Å². The molecule has 2 saturated carbocycles. The maximum atomic E-state index is 6.20. The van der Waals surface area contributed by atoms with Crippen molar-refractivity contribution in [2.24, 2.45) is 16.7 Å². The highest BCUT2D eigenvalue weighted by atomic mass is 16.5. The second kappa shape index (κ2) is 4.20. The number of rotatable bonds is 3. The smallest absolute Gasteiger partial charge is 0.0892 e. The third kappa shape index (κ3) is 1.86. The van der Waals surface area contributed by atoms with E-state index in [1.807, 2.05) is 12.1 Å². The number of pyridine rings is 1. The topological polar surface area (TPSA) is 48.1 Å². The van der Waals surface area contributed by atoms with Crippen molar-refractivity contribution in [2.75, 3.05) is 5.73 Å².